The van der Waals surface area contributed by atoms with Gasteiger partial charge in [-0.3, -0.25) is 9.59 Å². The summed E-state index contributed by atoms with van der Waals surface area (Å²) in [5.41, 5.74) is 0.852. The maximum Gasteiger partial charge on any atom is 0.255 e. The standard InChI is InChI=1S/C21H21ClFN3O4S/c1-14-13-31(29,30)26(20(14)27)15-6-7-16(17(22)12-15)21(28)25-10-8-24(9-11-25)19-5-3-2-4-18(19)23/h2-7,12,14H,8-11,13H2,1H3/t14-/m0/s1. The van der Waals surface area contributed by atoms with Gasteiger partial charge in [-0.25, -0.2) is 17.1 Å². The normalized spacial score (nSPS) is 20.9. The van der Waals surface area contributed by atoms with E-state index in [9.17, 15) is 22.4 Å². The van der Waals surface area contributed by atoms with Crippen molar-refractivity contribution in [1.29, 1.82) is 0 Å². The Kier molecular flexibility index (Phi) is 5.65. The quantitative estimate of drug-likeness (QED) is 0.696. The predicted molar refractivity (Wildman–Crippen MR) is 116 cm³/mol. The molecule has 2 aromatic rings. The van der Waals surface area contributed by atoms with Crippen LogP contribution in [0.15, 0.2) is 42.5 Å². The Morgan fingerprint density at radius 2 is 1.77 bits per heavy atom. The first-order chi connectivity index (χ1) is 14.7. The second-order valence-electron chi connectivity index (χ2n) is 7.68. The molecule has 4 rings (SSSR count). The van der Waals surface area contributed by atoms with Crippen LogP contribution in [0.4, 0.5) is 15.8 Å². The summed E-state index contributed by atoms with van der Waals surface area (Å²) in [7, 11) is -3.75. The zero-order chi connectivity index (χ0) is 22.3. The van der Waals surface area contributed by atoms with E-state index in [-0.39, 0.29) is 33.8 Å². The van der Waals surface area contributed by atoms with Gasteiger partial charge in [-0.2, -0.15) is 0 Å². The third-order valence-corrected chi connectivity index (χ3v) is 7.72. The van der Waals surface area contributed by atoms with E-state index < -0.39 is 21.8 Å². The minimum atomic E-state index is -3.75. The SMILES string of the molecule is C[C@H]1CS(=O)(=O)N(c2ccc(C(=O)N3CCN(c4ccccc4F)CC3)c(Cl)c2)C1=O. The van der Waals surface area contributed by atoms with Crippen LogP contribution < -0.4 is 9.21 Å². The Labute approximate surface area is 185 Å². The highest BCUT2D eigenvalue weighted by Gasteiger charge is 2.42. The molecule has 2 amide bonds. The van der Waals surface area contributed by atoms with E-state index in [2.05, 4.69) is 0 Å². The topological polar surface area (TPSA) is 78.0 Å². The lowest BCUT2D eigenvalue weighted by Crippen LogP contribution is -2.49. The summed E-state index contributed by atoms with van der Waals surface area (Å²) in [6, 6.07) is 10.7. The van der Waals surface area contributed by atoms with E-state index in [1.807, 2.05) is 4.90 Å². The number of anilines is 2. The summed E-state index contributed by atoms with van der Waals surface area (Å²) >= 11 is 6.30. The minimum absolute atomic E-state index is 0.0709. The molecule has 7 nitrogen and oxygen atoms in total. The first kappa shape index (κ1) is 21.6. The molecule has 10 heteroatoms. The number of carbonyl (C=O) groups excluding carboxylic acids is 2. The van der Waals surface area contributed by atoms with Crippen LogP contribution in [-0.2, 0) is 14.8 Å². The number of nitrogens with zero attached hydrogens (tertiary/aromatic N) is 3. The van der Waals surface area contributed by atoms with E-state index in [1.54, 1.807) is 30.0 Å². The first-order valence-electron chi connectivity index (χ1n) is 9.84. The van der Waals surface area contributed by atoms with Crippen LogP contribution in [-0.4, -0.2) is 57.1 Å². The number of amides is 2. The molecule has 0 aromatic heterocycles. The largest absolute Gasteiger partial charge is 0.366 e. The molecule has 2 fully saturated rings. The molecule has 2 heterocycles. The number of carbonyl (C=O) groups is 2. The third kappa shape index (κ3) is 3.99. The van der Waals surface area contributed by atoms with Crippen molar-refractivity contribution in [3.8, 4) is 0 Å². The molecule has 0 radical (unpaired) electrons. The fourth-order valence-electron chi connectivity index (χ4n) is 3.92. The fraction of sp³-hybridized carbons (Fsp3) is 0.333. The molecule has 0 bridgehead atoms. The molecule has 0 N–H and O–H groups in total. The van der Waals surface area contributed by atoms with E-state index in [0.717, 1.165) is 4.31 Å². The Hall–Kier alpha value is -2.65. The highest BCUT2D eigenvalue weighted by Crippen LogP contribution is 2.32. The third-order valence-electron chi connectivity index (χ3n) is 5.54. The number of hydrogen-bond acceptors (Lipinski definition) is 5. The minimum Gasteiger partial charge on any atom is -0.366 e. The molecule has 164 valence electrons. The molecule has 0 aliphatic carbocycles. The van der Waals surface area contributed by atoms with Gasteiger partial charge in [-0.15, -0.1) is 0 Å². The van der Waals surface area contributed by atoms with Crippen LogP contribution in [0.5, 0.6) is 0 Å². The molecule has 1 atom stereocenters. The van der Waals surface area contributed by atoms with Crippen LogP contribution in [0.1, 0.15) is 17.3 Å². The van der Waals surface area contributed by atoms with Crippen molar-refractivity contribution in [3.63, 3.8) is 0 Å². The summed E-state index contributed by atoms with van der Waals surface area (Å²) in [5, 5.41) is 0.0709. The molecular weight excluding hydrogens is 445 g/mol. The molecule has 2 aromatic carbocycles. The molecule has 0 saturated carbocycles. The zero-order valence-electron chi connectivity index (χ0n) is 16.8. The van der Waals surface area contributed by atoms with Crippen molar-refractivity contribution in [2.24, 2.45) is 5.92 Å². The van der Waals surface area contributed by atoms with E-state index >= 15 is 0 Å². The summed E-state index contributed by atoms with van der Waals surface area (Å²) in [6.07, 6.45) is 0. The smallest absolute Gasteiger partial charge is 0.255 e. The van der Waals surface area contributed by atoms with Gasteiger partial charge in [-0.1, -0.05) is 30.7 Å². The van der Waals surface area contributed by atoms with E-state index in [4.69, 9.17) is 11.6 Å². The Bertz CT molecular complexity index is 1150. The van der Waals surface area contributed by atoms with Crippen molar-refractivity contribution in [3.05, 3.63) is 58.9 Å². The van der Waals surface area contributed by atoms with Gasteiger partial charge in [-0.05, 0) is 30.3 Å². The Morgan fingerprint density at radius 1 is 1.10 bits per heavy atom. The van der Waals surface area contributed by atoms with Crippen molar-refractivity contribution >= 4 is 44.8 Å². The van der Waals surface area contributed by atoms with Crippen molar-refractivity contribution in [1.82, 2.24) is 4.90 Å². The summed E-state index contributed by atoms with van der Waals surface area (Å²) in [4.78, 5) is 28.7. The van der Waals surface area contributed by atoms with Gasteiger partial charge in [0.05, 0.1) is 33.6 Å². The number of rotatable bonds is 3. The van der Waals surface area contributed by atoms with Crippen LogP contribution in [0, 0.1) is 11.7 Å². The second-order valence-corrected chi connectivity index (χ2v) is 9.95. The molecule has 2 aliphatic heterocycles. The Balaban J connectivity index is 1.49. The molecule has 0 unspecified atom stereocenters. The summed E-state index contributed by atoms with van der Waals surface area (Å²) < 4.78 is 39.3. The van der Waals surface area contributed by atoms with Gasteiger partial charge in [0.2, 0.25) is 15.9 Å². The zero-order valence-corrected chi connectivity index (χ0v) is 18.4. The molecule has 0 spiro atoms. The van der Waals surface area contributed by atoms with E-state index in [0.29, 0.717) is 31.9 Å². The lowest BCUT2D eigenvalue weighted by Gasteiger charge is -2.36. The monoisotopic (exact) mass is 465 g/mol. The number of halogens is 2. The maximum absolute atomic E-state index is 14.0. The van der Waals surface area contributed by atoms with Crippen LogP contribution in [0.25, 0.3) is 0 Å². The van der Waals surface area contributed by atoms with Gasteiger partial charge in [0.15, 0.2) is 0 Å². The van der Waals surface area contributed by atoms with Crippen molar-refractivity contribution < 1.29 is 22.4 Å². The lowest BCUT2D eigenvalue weighted by atomic mass is 10.1. The first-order valence-corrected chi connectivity index (χ1v) is 11.8. The second kappa shape index (κ2) is 8.12. The van der Waals surface area contributed by atoms with Gasteiger partial charge >= 0.3 is 0 Å². The van der Waals surface area contributed by atoms with Crippen molar-refractivity contribution in [2.75, 3.05) is 41.1 Å². The number of benzene rings is 2. The van der Waals surface area contributed by atoms with Crippen LogP contribution >= 0.6 is 11.6 Å². The summed E-state index contributed by atoms with van der Waals surface area (Å²) in [5.74, 6) is -2.00. The predicted octanol–water partition coefficient (Wildman–Crippen LogP) is 2.75. The number of para-hydroxylation sites is 1. The fourth-order valence-corrected chi connectivity index (χ4v) is 5.99. The molecule has 2 saturated heterocycles. The van der Waals surface area contributed by atoms with Crippen LogP contribution in [0.2, 0.25) is 5.02 Å². The lowest BCUT2D eigenvalue weighted by molar-refractivity contribution is -0.119. The van der Waals surface area contributed by atoms with Gasteiger partial charge in [0, 0.05) is 26.2 Å². The van der Waals surface area contributed by atoms with Gasteiger partial charge < -0.3 is 9.80 Å². The molecule has 2 aliphatic rings. The van der Waals surface area contributed by atoms with E-state index in [1.165, 1.54) is 24.3 Å². The number of sulfonamides is 1. The van der Waals surface area contributed by atoms with Crippen LogP contribution in [0.3, 0.4) is 0 Å². The highest BCUT2D eigenvalue weighted by molar-refractivity contribution is 7.94. The average molecular weight is 466 g/mol. The molecular formula is C21H21ClFN3O4S. The van der Waals surface area contributed by atoms with Crippen molar-refractivity contribution in [2.45, 2.75) is 6.92 Å². The molecule has 31 heavy (non-hydrogen) atoms. The number of piperazine rings is 1. The maximum atomic E-state index is 14.0. The van der Waals surface area contributed by atoms with Gasteiger partial charge in [0.25, 0.3) is 5.91 Å². The summed E-state index contributed by atoms with van der Waals surface area (Å²) in [6.45, 7) is 3.28. The highest BCUT2D eigenvalue weighted by atomic mass is 35.5. The average Bonchev–Trinajstić information content (AvgIpc) is 2.94. The van der Waals surface area contributed by atoms with Gasteiger partial charge in [0.1, 0.15) is 5.82 Å². The number of hydrogen-bond donors (Lipinski definition) is 0. The Morgan fingerprint density at radius 3 is 2.35 bits per heavy atom.